The van der Waals surface area contributed by atoms with Crippen LogP contribution in [0.1, 0.15) is 49.9 Å². The van der Waals surface area contributed by atoms with E-state index in [4.69, 9.17) is 0 Å². The SMILES string of the molecule is Cn1cc(C(=O)C2CCN(C(=O)C(C)(C)CCC3=NC(=O)C4C=CC=CC4=N3)CC2)cn1. The van der Waals surface area contributed by atoms with Gasteiger partial charge >= 0.3 is 0 Å². The lowest BCUT2D eigenvalue weighted by Crippen LogP contribution is -2.46. The lowest BCUT2D eigenvalue weighted by atomic mass is 9.83. The molecule has 2 aliphatic heterocycles. The summed E-state index contributed by atoms with van der Waals surface area (Å²) in [5, 5.41) is 4.08. The van der Waals surface area contributed by atoms with Gasteiger partial charge in [-0.05, 0) is 25.3 Å². The average Bonchev–Trinajstić information content (AvgIpc) is 3.23. The normalized spacial score (nSPS) is 21.3. The molecule has 0 aromatic carbocycles. The minimum atomic E-state index is -0.606. The number of nitrogens with zero attached hydrogens (tertiary/aromatic N) is 5. The number of rotatable bonds is 6. The number of carbonyl (C=O) groups is 3. The Morgan fingerprint density at radius 2 is 1.91 bits per heavy atom. The number of aromatic nitrogens is 2. The van der Waals surface area contributed by atoms with Gasteiger partial charge in [0.2, 0.25) is 5.91 Å². The van der Waals surface area contributed by atoms with Crippen LogP contribution >= 0.6 is 0 Å². The minimum Gasteiger partial charge on any atom is -0.342 e. The van der Waals surface area contributed by atoms with Gasteiger partial charge in [0.05, 0.1) is 17.5 Å². The van der Waals surface area contributed by atoms with E-state index in [0.717, 1.165) is 0 Å². The van der Waals surface area contributed by atoms with Crippen LogP contribution < -0.4 is 0 Å². The van der Waals surface area contributed by atoms with Gasteiger partial charge in [-0.25, -0.2) is 4.99 Å². The molecule has 0 radical (unpaired) electrons. The zero-order valence-corrected chi connectivity index (χ0v) is 18.8. The summed E-state index contributed by atoms with van der Waals surface area (Å²) in [6.07, 6.45) is 13.0. The van der Waals surface area contributed by atoms with Gasteiger partial charge in [0.1, 0.15) is 11.8 Å². The first-order chi connectivity index (χ1) is 15.2. The molecule has 1 saturated heterocycles. The van der Waals surface area contributed by atoms with Gasteiger partial charge in [-0.2, -0.15) is 10.1 Å². The van der Waals surface area contributed by atoms with Gasteiger partial charge in [-0.1, -0.05) is 32.1 Å². The highest BCUT2D eigenvalue weighted by Gasteiger charge is 2.36. The smallest absolute Gasteiger partial charge is 0.260 e. The third-order valence-electron chi connectivity index (χ3n) is 6.46. The highest BCUT2D eigenvalue weighted by atomic mass is 16.2. The summed E-state index contributed by atoms with van der Waals surface area (Å²) in [4.78, 5) is 48.7. The Bertz CT molecular complexity index is 1050. The van der Waals surface area contributed by atoms with Crippen molar-refractivity contribution in [3.8, 4) is 0 Å². The molecule has 0 spiro atoms. The van der Waals surface area contributed by atoms with Gasteiger partial charge in [0.15, 0.2) is 5.78 Å². The molecule has 1 unspecified atom stereocenters. The quantitative estimate of drug-likeness (QED) is 0.642. The highest BCUT2D eigenvalue weighted by molar-refractivity contribution is 6.21. The maximum absolute atomic E-state index is 13.2. The lowest BCUT2D eigenvalue weighted by Gasteiger charge is -2.36. The predicted molar refractivity (Wildman–Crippen MR) is 122 cm³/mol. The number of hydrogen-bond acceptors (Lipinski definition) is 5. The monoisotopic (exact) mass is 435 g/mol. The molecule has 0 saturated carbocycles. The number of ketones is 1. The number of aliphatic imine (C=N–C) groups is 2. The zero-order chi connectivity index (χ0) is 22.9. The summed E-state index contributed by atoms with van der Waals surface area (Å²) >= 11 is 0. The topological polar surface area (TPSA) is 97.0 Å². The second kappa shape index (κ2) is 8.76. The van der Waals surface area contributed by atoms with Crippen LogP contribution in [-0.2, 0) is 16.6 Å². The van der Waals surface area contributed by atoms with Crippen molar-refractivity contribution in [1.29, 1.82) is 0 Å². The average molecular weight is 436 g/mol. The Balaban J connectivity index is 1.32. The van der Waals surface area contributed by atoms with Crippen molar-refractivity contribution in [2.75, 3.05) is 13.1 Å². The maximum Gasteiger partial charge on any atom is 0.260 e. The van der Waals surface area contributed by atoms with E-state index < -0.39 is 5.41 Å². The lowest BCUT2D eigenvalue weighted by molar-refractivity contribution is -0.141. The maximum atomic E-state index is 13.2. The molecule has 1 aromatic rings. The largest absolute Gasteiger partial charge is 0.342 e. The van der Waals surface area contributed by atoms with Crippen molar-refractivity contribution in [2.24, 2.45) is 34.3 Å². The molecule has 8 heteroatoms. The molecule has 3 heterocycles. The summed E-state index contributed by atoms with van der Waals surface area (Å²) in [5.41, 5.74) is 0.741. The van der Waals surface area contributed by atoms with Crippen molar-refractivity contribution in [3.05, 3.63) is 42.3 Å². The van der Waals surface area contributed by atoms with Gasteiger partial charge < -0.3 is 4.90 Å². The van der Waals surface area contributed by atoms with Crippen LogP contribution in [0, 0.1) is 17.3 Å². The van der Waals surface area contributed by atoms with E-state index in [0.29, 0.717) is 55.9 Å². The van der Waals surface area contributed by atoms with Crippen LogP contribution in [0.5, 0.6) is 0 Å². The minimum absolute atomic E-state index is 0.0681. The number of hydrogen-bond donors (Lipinski definition) is 0. The summed E-state index contributed by atoms with van der Waals surface area (Å²) in [7, 11) is 1.79. The van der Waals surface area contributed by atoms with Crippen molar-refractivity contribution < 1.29 is 14.4 Å². The number of fused-ring (bicyclic) bond motifs is 1. The van der Waals surface area contributed by atoms with Crippen molar-refractivity contribution in [1.82, 2.24) is 14.7 Å². The number of Topliss-reactive ketones (excluding diaryl/α,β-unsaturated/α-hetero) is 1. The van der Waals surface area contributed by atoms with Crippen LogP contribution in [0.4, 0.5) is 0 Å². The number of piperidine rings is 1. The molecule has 4 rings (SSSR count). The van der Waals surface area contributed by atoms with Gasteiger partial charge in [0, 0.05) is 44.1 Å². The Hall–Kier alpha value is -3.16. The fourth-order valence-corrected chi connectivity index (χ4v) is 4.42. The molecule has 2 amide bonds. The van der Waals surface area contributed by atoms with Gasteiger partial charge in [-0.15, -0.1) is 0 Å². The van der Waals surface area contributed by atoms with E-state index in [1.54, 1.807) is 30.2 Å². The van der Waals surface area contributed by atoms with Gasteiger partial charge in [-0.3, -0.25) is 19.1 Å². The van der Waals surface area contributed by atoms with Gasteiger partial charge in [0.25, 0.3) is 5.91 Å². The van der Waals surface area contributed by atoms with E-state index in [-0.39, 0.29) is 29.4 Å². The predicted octanol–water partition coefficient (Wildman–Crippen LogP) is 2.77. The first-order valence-electron chi connectivity index (χ1n) is 11.1. The number of amides is 2. The van der Waals surface area contributed by atoms with Crippen molar-refractivity contribution in [3.63, 3.8) is 0 Å². The third-order valence-corrected chi connectivity index (χ3v) is 6.46. The molecule has 1 atom stereocenters. The van der Waals surface area contributed by atoms with Crippen LogP contribution in [0.25, 0.3) is 0 Å². The van der Waals surface area contributed by atoms with E-state index >= 15 is 0 Å². The summed E-state index contributed by atoms with van der Waals surface area (Å²) in [6.45, 7) is 4.98. The number of amidine groups is 1. The Morgan fingerprint density at radius 1 is 1.16 bits per heavy atom. The molecule has 0 N–H and O–H groups in total. The van der Waals surface area contributed by atoms with Crippen LogP contribution in [0.2, 0.25) is 0 Å². The Labute approximate surface area is 187 Å². The molecule has 1 aromatic heterocycles. The molecule has 168 valence electrons. The molecular formula is C24H29N5O3. The molecule has 0 bridgehead atoms. The van der Waals surface area contributed by atoms with Crippen LogP contribution in [0.3, 0.4) is 0 Å². The Kier molecular flexibility index (Phi) is 6.04. The zero-order valence-electron chi connectivity index (χ0n) is 18.8. The van der Waals surface area contributed by atoms with E-state index in [1.165, 1.54) is 0 Å². The first-order valence-corrected chi connectivity index (χ1v) is 11.1. The number of likely N-dealkylation sites (tertiary alicyclic amines) is 1. The molecular weight excluding hydrogens is 406 g/mol. The molecule has 32 heavy (non-hydrogen) atoms. The van der Waals surface area contributed by atoms with Crippen molar-refractivity contribution >= 4 is 29.1 Å². The summed E-state index contributed by atoms with van der Waals surface area (Å²) < 4.78 is 1.63. The van der Waals surface area contributed by atoms with Crippen LogP contribution in [-0.4, -0.2) is 56.9 Å². The van der Waals surface area contributed by atoms with E-state index in [1.807, 2.05) is 37.0 Å². The van der Waals surface area contributed by atoms with Crippen LogP contribution in [0.15, 0.2) is 46.7 Å². The number of aryl methyl sites for hydroxylation is 1. The summed E-state index contributed by atoms with van der Waals surface area (Å²) in [5.74, 6) is 0.00865. The summed E-state index contributed by atoms with van der Waals surface area (Å²) in [6, 6.07) is 0. The number of allylic oxidation sites excluding steroid dienone is 3. The third kappa shape index (κ3) is 4.54. The van der Waals surface area contributed by atoms with E-state index in [2.05, 4.69) is 15.1 Å². The number of carbonyl (C=O) groups excluding carboxylic acids is 3. The molecule has 1 fully saturated rings. The molecule has 3 aliphatic rings. The standard InChI is InChI=1S/C24H29N5O3/c1-24(2,11-8-20-26-19-7-5-4-6-18(19)22(31)27-20)23(32)29-12-9-16(10-13-29)21(30)17-14-25-28(3)15-17/h4-7,14-16,18H,8-13H2,1-3H3. The van der Waals surface area contributed by atoms with E-state index in [9.17, 15) is 14.4 Å². The Morgan fingerprint density at radius 3 is 2.59 bits per heavy atom. The fourth-order valence-electron chi connectivity index (χ4n) is 4.42. The van der Waals surface area contributed by atoms with Crippen molar-refractivity contribution in [2.45, 2.75) is 39.5 Å². The second-order valence-corrected chi connectivity index (χ2v) is 9.34. The fraction of sp³-hybridized carbons (Fsp3) is 0.500. The molecule has 8 nitrogen and oxygen atoms in total. The second-order valence-electron chi connectivity index (χ2n) is 9.34. The first kappa shape index (κ1) is 22.0. The highest BCUT2D eigenvalue weighted by Crippen LogP contribution is 2.30. The molecule has 1 aliphatic carbocycles.